The Balaban J connectivity index is 2.06. The first-order valence-electron chi connectivity index (χ1n) is 7.52. The summed E-state index contributed by atoms with van der Waals surface area (Å²) in [5.74, 6) is 1.39. The van der Waals surface area contributed by atoms with Gasteiger partial charge < -0.3 is 10.1 Å². The van der Waals surface area contributed by atoms with Gasteiger partial charge in [0.05, 0.1) is 0 Å². The molecule has 1 fully saturated rings. The van der Waals surface area contributed by atoms with E-state index < -0.39 is 6.04 Å². The second kappa shape index (κ2) is 8.80. The predicted molar refractivity (Wildman–Crippen MR) is 87.7 cm³/mol. The van der Waals surface area contributed by atoms with E-state index in [0.717, 1.165) is 30.2 Å². The highest BCUT2D eigenvalue weighted by Gasteiger charge is 2.30. The molecule has 22 heavy (non-hydrogen) atoms. The summed E-state index contributed by atoms with van der Waals surface area (Å²) >= 11 is 1.89. The second-order valence-corrected chi connectivity index (χ2v) is 6.25. The molecule has 1 N–H and O–H groups in total. The number of carbonyl (C=O) groups excluding carboxylic acids is 2. The summed E-state index contributed by atoms with van der Waals surface area (Å²) in [7, 11) is 0. The lowest BCUT2D eigenvalue weighted by Gasteiger charge is -2.32. The molecule has 0 radical (unpaired) electrons. The van der Waals surface area contributed by atoms with Gasteiger partial charge in [-0.15, -0.1) is 0 Å². The number of hydrogen-bond acceptors (Lipinski definition) is 5. The van der Waals surface area contributed by atoms with E-state index in [9.17, 15) is 9.59 Å². The second-order valence-electron chi connectivity index (χ2n) is 5.02. The summed E-state index contributed by atoms with van der Waals surface area (Å²) in [6, 6.07) is 9.18. The van der Waals surface area contributed by atoms with E-state index in [1.54, 1.807) is 0 Å². The maximum atomic E-state index is 12.5. The molecule has 1 aliphatic heterocycles. The first-order valence-corrected chi connectivity index (χ1v) is 8.68. The average molecular weight is 322 g/mol. The number of nitrogens with one attached hydrogen (secondary N) is 1. The minimum atomic E-state index is -0.434. The van der Waals surface area contributed by atoms with Crippen LogP contribution < -0.4 is 5.32 Å². The highest BCUT2D eigenvalue weighted by Crippen LogP contribution is 2.25. The minimum absolute atomic E-state index is 0.224. The van der Waals surface area contributed by atoms with Gasteiger partial charge in [0.1, 0.15) is 6.04 Å². The van der Waals surface area contributed by atoms with Crippen molar-refractivity contribution in [2.75, 3.05) is 37.7 Å². The number of thioether (sulfide) groups is 1. The number of nitrogens with zero attached hydrogens (tertiary/aromatic N) is 1. The summed E-state index contributed by atoms with van der Waals surface area (Å²) < 4.78 is 5.23. The Labute approximate surface area is 135 Å². The molecule has 0 bridgehead atoms. The maximum Gasteiger partial charge on any atom is 0.328 e. The molecule has 0 unspecified atom stereocenters. The summed E-state index contributed by atoms with van der Waals surface area (Å²) in [6.07, 6.45) is 0. The van der Waals surface area contributed by atoms with Crippen molar-refractivity contribution in [1.29, 1.82) is 0 Å². The van der Waals surface area contributed by atoms with E-state index in [1.165, 1.54) is 0 Å². The molecule has 1 aromatic carbocycles. The van der Waals surface area contributed by atoms with Gasteiger partial charge in [-0.1, -0.05) is 30.3 Å². The highest BCUT2D eigenvalue weighted by atomic mass is 32.2. The van der Waals surface area contributed by atoms with Crippen LogP contribution in [0.1, 0.15) is 18.5 Å². The van der Waals surface area contributed by atoms with Crippen LogP contribution in [0.3, 0.4) is 0 Å². The van der Waals surface area contributed by atoms with Gasteiger partial charge in [-0.2, -0.15) is 11.8 Å². The van der Waals surface area contributed by atoms with E-state index in [1.807, 2.05) is 49.0 Å². The third-order valence-corrected chi connectivity index (χ3v) is 4.41. The molecule has 5 nitrogen and oxygen atoms in total. The summed E-state index contributed by atoms with van der Waals surface area (Å²) in [6.45, 7) is 3.83. The lowest BCUT2D eigenvalue weighted by molar-refractivity contribution is -0.154. The molecular formula is C16H22N2O3S. The number of benzene rings is 1. The topological polar surface area (TPSA) is 58.6 Å². The van der Waals surface area contributed by atoms with Crippen molar-refractivity contribution in [3.63, 3.8) is 0 Å². The third kappa shape index (κ3) is 4.74. The van der Waals surface area contributed by atoms with Crippen molar-refractivity contribution >= 4 is 23.6 Å². The molecule has 1 aliphatic rings. The first-order chi connectivity index (χ1) is 10.7. The van der Waals surface area contributed by atoms with E-state index >= 15 is 0 Å². The number of amides is 1. The standard InChI is InChI=1S/C16H22N2O3S/c1-2-17-14(19)12-21-16(20)15(13-6-4-3-5-7-13)18-8-10-22-11-9-18/h3-7,15H,2,8-12H2,1H3,(H,17,19)/t15-/m0/s1. The van der Waals surface area contributed by atoms with Crippen molar-refractivity contribution in [3.8, 4) is 0 Å². The number of likely N-dealkylation sites (N-methyl/N-ethyl adjacent to an activating group) is 1. The lowest BCUT2D eigenvalue weighted by atomic mass is 10.1. The first kappa shape index (κ1) is 16.8. The molecule has 0 aromatic heterocycles. The maximum absolute atomic E-state index is 12.5. The van der Waals surface area contributed by atoms with Crippen LogP contribution >= 0.6 is 11.8 Å². The fourth-order valence-electron chi connectivity index (χ4n) is 2.43. The number of rotatable bonds is 6. The van der Waals surface area contributed by atoms with Crippen molar-refractivity contribution in [2.24, 2.45) is 0 Å². The Kier molecular flexibility index (Phi) is 6.74. The van der Waals surface area contributed by atoms with Gasteiger partial charge in [-0.25, -0.2) is 4.79 Å². The van der Waals surface area contributed by atoms with E-state index in [0.29, 0.717) is 6.54 Å². The summed E-state index contributed by atoms with van der Waals surface area (Å²) in [5, 5.41) is 2.63. The van der Waals surface area contributed by atoms with Crippen LogP contribution in [-0.4, -0.2) is 54.5 Å². The molecule has 1 atom stereocenters. The predicted octanol–water partition coefficient (Wildman–Crippen LogP) is 1.46. The Morgan fingerprint density at radius 1 is 1.27 bits per heavy atom. The van der Waals surface area contributed by atoms with Gasteiger partial charge in [-0.05, 0) is 12.5 Å². The van der Waals surface area contributed by atoms with Gasteiger partial charge in [0.25, 0.3) is 5.91 Å². The molecule has 1 aromatic rings. The summed E-state index contributed by atoms with van der Waals surface area (Å²) in [4.78, 5) is 26.1. The molecule has 120 valence electrons. The van der Waals surface area contributed by atoms with E-state index in [4.69, 9.17) is 4.74 Å². The molecule has 1 saturated heterocycles. The molecule has 0 saturated carbocycles. The quantitative estimate of drug-likeness (QED) is 0.804. The van der Waals surface area contributed by atoms with Gasteiger partial charge in [0, 0.05) is 31.1 Å². The number of ether oxygens (including phenoxy) is 1. The van der Waals surface area contributed by atoms with Crippen molar-refractivity contribution in [3.05, 3.63) is 35.9 Å². The molecular weight excluding hydrogens is 300 g/mol. The van der Waals surface area contributed by atoms with Crippen LogP contribution in [0.2, 0.25) is 0 Å². The van der Waals surface area contributed by atoms with Gasteiger partial charge >= 0.3 is 5.97 Å². The van der Waals surface area contributed by atoms with Gasteiger partial charge in [0.15, 0.2) is 6.61 Å². The largest absolute Gasteiger partial charge is 0.454 e. The van der Waals surface area contributed by atoms with E-state index in [-0.39, 0.29) is 18.5 Å². The molecule has 6 heteroatoms. The Morgan fingerprint density at radius 3 is 2.59 bits per heavy atom. The Hall–Kier alpha value is -1.53. The van der Waals surface area contributed by atoms with Crippen LogP contribution in [0.25, 0.3) is 0 Å². The van der Waals surface area contributed by atoms with Crippen LogP contribution in [0.5, 0.6) is 0 Å². The minimum Gasteiger partial charge on any atom is -0.454 e. The van der Waals surface area contributed by atoms with Crippen LogP contribution in [-0.2, 0) is 14.3 Å². The van der Waals surface area contributed by atoms with Crippen molar-refractivity contribution in [1.82, 2.24) is 10.2 Å². The number of hydrogen-bond donors (Lipinski definition) is 1. The normalized spacial score (nSPS) is 16.8. The SMILES string of the molecule is CCNC(=O)COC(=O)[C@H](c1ccccc1)N1CCSCC1. The van der Waals surface area contributed by atoms with Crippen LogP contribution in [0.15, 0.2) is 30.3 Å². The van der Waals surface area contributed by atoms with Crippen LogP contribution in [0.4, 0.5) is 0 Å². The Morgan fingerprint density at radius 2 is 1.95 bits per heavy atom. The third-order valence-electron chi connectivity index (χ3n) is 3.47. The zero-order chi connectivity index (χ0) is 15.8. The highest BCUT2D eigenvalue weighted by molar-refractivity contribution is 7.99. The fraction of sp³-hybridized carbons (Fsp3) is 0.500. The zero-order valence-corrected chi connectivity index (χ0v) is 13.6. The molecule has 2 rings (SSSR count). The van der Waals surface area contributed by atoms with Crippen molar-refractivity contribution < 1.29 is 14.3 Å². The van der Waals surface area contributed by atoms with Gasteiger partial charge in [0.2, 0.25) is 0 Å². The van der Waals surface area contributed by atoms with Crippen molar-refractivity contribution in [2.45, 2.75) is 13.0 Å². The summed E-state index contributed by atoms with van der Waals surface area (Å²) in [5.41, 5.74) is 0.912. The smallest absolute Gasteiger partial charge is 0.328 e. The fourth-order valence-corrected chi connectivity index (χ4v) is 3.36. The monoisotopic (exact) mass is 322 g/mol. The number of carbonyl (C=O) groups is 2. The molecule has 0 aliphatic carbocycles. The zero-order valence-electron chi connectivity index (χ0n) is 12.8. The number of esters is 1. The van der Waals surface area contributed by atoms with Crippen LogP contribution in [0, 0.1) is 0 Å². The Bertz CT molecular complexity index is 489. The lowest BCUT2D eigenvalue weighted by Crippen LogP contribution is -2.41. The molecule has 1 heterocycles. The average Bonchev–Trinajstić information content (AvgIpc) is 2.55. The van der Waals surface area contributed by atoms with Gasteiger partial charge in [-0.3, -0.25) is 9.69 Å². The molecule has 1 amide bonds. The van der Waals surface area contributed by atoms with E-state index in [2.05, 4.69) is 10.2 Å². The molecule has 0 spiro atoms.